The number of nitrogens with one attached hydrogen (secondary N) is 1. The normalized spacial score (nSPS) is 20.9. The zero-order valence-corrected chi connectivity index (χ0v) is 18.4. The maximum absolute atomic E-state index is 6.02. The summed E-state index contributed by atoms with van der Waals surface area (Å²) < 4.78 is 2.31. The SMILES string of the molecule is Nc1ncnc2c1ccn2C1CCC(CCc2ccc3ccc(NCC4CC4)nc3c2)C1. The van der Waals surface area contributed by atoms with Gasteiger partial charge in [-0.1, -0.05) is 12.1 Å². The van der Waals surface area contributed by atoms with E-state index in [0.717, 1.165) is 47.2 Å². The van der Waals surface area contributed by atoms with Crippen molar-refractivity contribution in [1.29, 1.82) is 0 Å². The fourth-order valence-electron chi connectivity index (χ4n) is 5.21. The molecule has 6 nitrogen and oxygen atoms in total. The Balaban J connectivity index is 1.10. The van der Waals surface area contributed by atoms with E-state index in [0.29, 0.717) is 11.9 Å². The summed E-state index contributed by atoms with van der Waals surface area (Å²) in [4.78, 5) is 13.5. The van der Waals surface area contributed by atoms with Gasteiger partial charge in [0, 0.05) is 24.2 Å². The highest BCUT2D eigenvalue weighted by Crippen LogP contribution is 2.39. The van der Waals surface area contributed by atoms with Crippen LogP contribution in [0.5, 0.6) is 0 Å². The molecule has 0 spiro atoms. The number of hydrogen-bond acceptors (Lipinski definition) is 5. The molecule has 3 heterocycles. The molecule has 2 atom stereocenters. The van der Waals surface area contributed by atoms with Crippen molar-refractivity contribution >= 4 is 33.6 Å². The molecule has 3 aromatic heterocycles. The summed E-state index contributed by atoms with van der Waals surface area (Å²) in [5.74, 6) is 3.16. The molecule has 2 unspecified atom stereocenters. The molecule has 0 amide bonds. The van der Waals surface area contributed by atoms with Crippen LogP contribution < -0.4 is 11.1 Å². The summed E-state index contributed by atoms with van der Waals surface area (Å²) in [6.07, 6.45) is 12.4. The van der Waals surface area contributed by atoms with Crippen LogP contribution in [0.15, 0.2) is 48.9 Å². The number of pyridine rings is 1. The van der Waals surface area contributed by atoms with Crippen molar-refractivity contribution < 1.29 is 0 Å². The molecule has 3 N–H and O–H groups in total. The second kappa shape index (κ2) is 8.08. The number of anilines is 2. The van der Waals surface area contributed by atoms with Crippen molar-refractivity contribution in [2.24, 2.45) is 11.8 Å². The molecule has 4 aromatic rings. The number of fused-ring (bicyclic) bond motifs is 2. The van der Waals surface area contributed by atoms with Crippen LogP contribution in [0.3, 0.4) is 0 Å². The van der Waals surface area contributed by atoms with Gasteiger partial charge in [-0.15, -0.1) is 0 Å². The molecule has 0 saturated heterocycles. The molecule has 1 aromatic carbocycles. The monoisotopic (exact) mass is 426 g/mol. The largest absolute Gasteiger partial charge is 0.383 e. The first-order valence-corrected chi connectivity index (χ1v) is 11.9. The van der Waals surface area contributed by atoms with Gasteiger partial charge in [0.25, 0.3) is 0 Å². The summed E-state index contributed by atoms with van der Waals surface area (Å²) in [6.45, 7) is 1.05. The summed E-state index contributed by atoms with van der Waals surface area (Å²) in [6, 6.07) is 13.6. The average molecular weight is 427 g/mol. The quantitative estimate of drug-likeness (QED) is 0.416. The lowest BCUT2D eigenvalue weighted by molar-refractivity contribution is 0.461. The first kappa shape index (κ1) is 19.5. The van der Waals surface area contributed by atoms with Crippen molar-refractivity contribution in [2.75, 3.05) is 17.6 Å². The van der Waals surface area contributed by atoms with Crippen LogP contribution in [-0.4, -0.2) is 26.1 Å². The van der Waals surface area contributed by atoms with Crippen LogP contribution in [0, 0.1) is 11.8 Å². The summed E-state index contributed by atoms with van der Waals surface area (Å²) in [5.41, 5.74) is 9.47. The van der Waals surface area contributed by atoms with E-state index in [1.54, 1.807) is 6.33 Å². The standard InChI is InChI=1S/C26H30N6/c27-25-22-11-12-32(26(22)30-16-29-25)21-9-6-17(13-21)1-2-18-5-7-20-8-10-24(31-23(20)14-18)28-15-19-3-4-19/h5,7-8,10-12,14,16-17,19,21H,1-4,6,9,13,15H2,(H,28,31)(H2,27,29,30). The van der Waals surface area contributed by atoms with E-state index >= 15 is 0 Å². The number of nitrogen functional groups attached to an aromatic ring is 1. The summed E-state index contributed by atoms with van der Waals surface area (Å²) >= 11 is 0. The minimum atomic E-state index is 0.505. The second-order valence-electron chi connectivity index (χ2n) is 9.64. The van der Waals surface area contributed by atoms with Gasteiger partial charge < -0.3 is 15.6 Å². The third kappa shape index (κ3) is 3.90. The highest BCUT2D eigenvalue weighted by atomic mass is 15.1. The van der Waals surface area contributed by atoms with E-state index in [-0.39, 0.29) is 0 Å². The lowest BCUT2D eigenvalue weighted by Crippen LogP contribution is -2.06. The first-order valence-electron chi connectivity index (χ1n) is 11.9. The predicted octanol–water partition coefficient (Wildman–Crippen LogP) is 5.36. The molecule has 32 heavy (non-hydrogen) atoms. The molecular weight excluding hydrogens is 396 g/mol. The van der Waals surface area contributed by atoms with Crippen LogP contribution in [0.1, 0.15) is 50.1 Å². The third-order valence-corrected chi connectivity index (χ3v) is 7.31. The predicted molar refractivity (Wildman–Crippen MR) is 130 cm³/mol. The van der Waals surface area contributed by atoms with Crippen LogP contribution in [-0.2, 0) is 6.42 Å². The van der Waals surface area contributed by atoms with Crippen LogP contribution in [0.25, 0.3) is 21.9 Å². The molecule has 2 aliphatic carbocycles. The third-order valence-electron chi connectivity index (χ3n) is 7.31. The van der Waals surface area contributed by atoms with Gasteiger partial charge in [0.05, 0.1) is 10.9 Å². The van der Waals surface area contributed by atoms with E-state index in [9.17, 15) is 0 Å². The highest BCUT2D eigenvalue weighted by Gasteiger charge is 2.27. The smallest absolute Gasteiger partial charge is 0.145 e. The molecule has 0 bridgehead atoms. The number of hydrogen-bond donors (Lipinski definition) is 2. The Hall–Kier alpha value is -3.15. The average Bonchev–Trinajstić information content (AvgIpc) is 3.34. The van der Waals surface area contributed by atoms with Crippen LogP contribution >= 0.6 is 0 Å². The number of rotatable bonds is 7. The van der Waals surface area contributed by atoms with Crippen LogP contribution in [0.4, 0.5) is 11.6 Å². The van der Waals surface area contributed by atoms with Gasteiger partial charge >= 0.3 is 0 Å². The lowest BCUT2D eigenvalue weighted by atomic mass is 9.97. The minimum Gasteiger partial charge on any atom is -0.383 e. The van der Waals surface area contributed by atoms with Crippen molar-refractivity contribution in [3.63, 3.8) is 0 Å². The van der Waals surface area contributed by atoms with E-state index in [1.165, 1.54) is 49.5 Å². The van der Waals surface area contributed by atoms with E-state index in [1.807, 2.05) is 6.07 Å². The highest BCUT2D eigenvalue weighted by molar-refractivity contribution is 5.86. The Morgan fingerprint density at radius 1 is 1.00 bits per heavy atom. The Kier molecular flexibility index (Phi) is 4.93. The lowest BCUT2D eigenvalue weighted by Gasteiger charge is -2.14. The molecule has 6 rings (SSSR count). The van der Waals surface area contributed by atoms with E-state index < -0.39 is 0 Å². The van der Waals surface area contributed by atoms with Gasteiger partial charge in [-0.3, -0.25) is 0 Å². The van der Waals surface area contributed by atoms with E-state index in [4.69, 9.17) is 10.7 Å². The number of aryl methyl sites for hydroxylation is 1. The molecule has 0 aliphatic heterocycles. The number of nitrogens with two attached hydrogens (primary N) is 1. The van der Waals surface area contributed by atoms with Gasteiger partial charge in [-0.25, -0.2) is 15.0 Å². The Morgan fingerprint density at radius 3 is 2.78 bits per heavy atom. The fraction of sp³-hybridized carbons (Fsp3) is 0.423. The number of nitrogens with zero attached hydrogens (tertiary/aromatic N) is 4. The number of aromatic nitrogens is 4. The van der Waals surface area contributed by atoms with E-state index in [2.05, 4.69) is 56.4 Å². The zero-order valence-electron chi connectivity index (χ0n) is 18.4. The molecule has 2 saturated carbocycles. The van der Waals surface area contributed by atoms with Gasteiger partial charge in [0.1, 0.15) is 23.6 Å². The molecular formula is C26H30N6. The molecule has 6 heteroatoms. The summed E-state index contributed by atoms with van der Waals surface area (Å²) in [5, 5.41) is 5.68. The minimum absolute atomic E-state index is 0.505. The molecule has 0 radical (unpaired) electrons. The topological polar surface area (TPSA) is 81.6 Å². The maximum atomic E-state index is 6.02. The van der Waals surface area contributed by atoms with Gasteiger partial charge in [0.2, 0.25) is 0 Å². The zero-order chi connectivity index (χ0) is 21.5. The molecule has 2 aliphatic rings. The Bertz CT molecular complexity index is 1260. The van der Waals surface area contributed by atoms with Crippen LogP contribution in [0.2, 0.25) is 0 Å². The van der Waals surface area contributed by atoms with Gasteiger partial charge in [-0.05, 0) is 86.6 Å². The first-order chi connectivity index (χ1) is 15.7. The fourth-order valence-corrected chi connectivity index (χ4v) is 5.21. The van der Waals surface area contributed by atoms with Crippen molar-refractivity contribution in [2.45, 2.75) is 51.0 Å². The van der Waals surface area contributed by atoms with Crippen molar-refractivity contribution in [1.82, 2.24) is 19.5 Å². The van der Waals surface area contributed by atoms with Gasteiger partial charge in [0.15, 0.2) is 0 Å². The maximum Gasteiger partial charge on any atom is 0.145 e. The number of benzene rings is 1. The van der Waals surface area contributed by atoms with Crippen molar-refractivity contribution in [3.05, 3.63) is 54.5 Å². The van der Waals surface area contributed by atoms with Crippen molar-refractivity contribution in [3.8, 4) is 0 Å². The second-order valence-corrected chi connectivity index (χ2v) is 9.64. The summed E-state index contributed by atoms with van der Waals surface area (Å²) in [7, 11) is 0. The van der Waals surface area contributed by atoms with Gasteiger partial charge in [-0.2, -0.15) is 0 Å². The molecule has 2 fully saturated rings. The Morgan fingerprint density at radius 2 is 1.88 bits per heavy atom. The molecule has 164 valence electrons. The Labute approximate surface area is 188 Å².